The smallest absolute Gasteiger partial charge is 0.341 e. The van der Waals surface area contributed by atoms with Gasteiger partial charge in [-0.25, -0.2) is 0 Å². The maximum absolute atomic E-state index is 12.8. The van der Waals surface area contributed by atoms with E-state index in [1.165, 1.54) is 12.1 Å². The summed E-state index contributed by atoms with van der Waals surface area (Å²) in [6.07, 6.45) is -4.42. The van der Waals surface area contributed by atoms with Crippen LogP contribution in [0, 0.1) is 5.92 Å². The van der Waals surface area contributed by atoms with Crippen molar-refractivity contribution in [1.29, 1.82) is 0 Å². The molecule has 1 aromatic heterocycles. The quantitative estimate of drug-likeness (QED) is 0.861. The Labute approximate surface area is 136 Å². The molecule has 0 bridgehead atoms. The minimum absolute atomic E-state index is 0.0591. The molecule has 0 atom stereocenters. The van der Waals surface area contributed by atoms with E-state index in [9.17, 15) is 18.0 Å². The standard InChI is InChI=1S/C16H16F3N3O2/c1-9(2)15(23)22-7-11(8-22)14-20-13(21-24-14)10-4-3-5-12(6-10)16(17,18)19/h3-6,9,11H,7-8H2,1-2H3. The van der Waals surface area contributed by atoms with Crippen molar-refractivity contribution in [3.8, 4) is 11.4 Å². The molecular weight excluding hydrogens is 323 g/mol. The van der Waals surface area contributed by atoms with Gasteiger partial charge in [0.05, 0.1) is 11.5 Å². The molecule has 128 valence electrons. The molecule has 0 radical (unpaired) electrons. The average Bonchev–Trinajstić information content (AvgIpc) is 2.94. The highest BCUT2D eigenvalue weighted by Gasteiger charge is 2.36. The largest absolute Gasteiger partial charge is 0.416 e. The van der Waals surface area contributed by atoms with Crippen LogP contribution in [0.3, 0.4) is 0 Å². The third-order valence-corrected chi connectivity index (χ3v) is 3.93. The Bertz CT molecular complexity index is 749. The second-order valence-corrected chi connectivity index (χ2v) is 6.13. The summed E-state index contributed by atoms with van der Waals surface area (Å²) >= 11 is 0. The Morgan fingerprint density at radius 2 is 2.04 bits per heavy atom. The van der Waals surface area contributed by atoms with Crippen LogP contribution in [0.2, 0.25) is 0 Å². The first-order chi connectivity index (χ1) is 11.3. The van der Waals surface area contributed by atoms with E-state index in [0.717, 1.165) is 12.1 Å². The van der Waals surface area contributed by atoms with E-state index >= 15 is 0 Å². The van der Waals surface area contributed by atoms with Gasteiger partial charge >= 0.3 is 6.18 Å². The van der Waals surface area contributed by atoms with Crippen molar-refractivity contribution in [3.05, 3.63) is 35.7 Å². The lowest BCUT2D eigenvalue weighted by Crippen LogP contribution is -2.50. The van der Waals surface area contributed by atoms with Gasteiger partial charge in [-0.05, 0) is 12.1 Å². The first-order valence-electron chi connectivity index (χ1n) is 7.55. The molecule has 0 N–H and O–H groups in total. The van der Waals surface area contributed by atoms with Crippen molar-refractivity contribution >= 4 is 5.91 Å². The summed E-state index contributed by atoms with van der Waals surface area (Å²) in [5, 5.41) is 3.76. The molecule has 2 heterocycles. The van der Waals surface area contributed by atoms with E-state index in [1.54, 1.807) is 4.90 Å². The zero-order chi connectivity index (χ0) is 17.5. The number of aromatic nitrogens is 2. The number of carbonyl (C=O) groups excluding carboxylic acids is 1. The van der Waals surface area contributed by atoms with Crippen molar-refractivity contribution in [2.45, 2.75) is 25.9 Å². The van der Waals surface area contributed by atoms with E-state index < -0.39 is 11.7 Å². The van der Waals surface area contributed by atoms with Gasteiger partial charge in [-0.3, -0.25) is 4.79 Å². The molecule has 8 heteroatoms. The Kier molecular flexibility index (Phi) is 4.06. The van der Waals surface area contributed by atoms with Crippen LogP contribution >= 0.6 is 0 Å². The third kappa shape index (κ3) is 3.13. The molecule has 0 saturated carbocycles. The molecule has 1 saturated heterocycles. The average molecular weight is 339 g/mol. The fourth-order valence-electron chi connectivity index (χ4n) is 2.53. The fraction of sp³-hybridized carbons (Fsp3) is 0.438. The summed E-state index contributed by atoms with van der Waals surface area (Å²) < 4.78 is 43.4. The van der Waals surface area contributed by atoms with Gasteiger partial charge in [-0.2, -0.15) is 18.2 Å². The third-order valence-electron chi connectivity index (χ3n) is 3.93. The molecule has 1 fully saturated rings. The number of amides is 1. The van der Waals surface area contributed by atoms with Crippen molar-refractivity contribution in [1.82, 2.24) is 15.0 Å². The maximum atomic E-state index is 12.8. The lowest BCUT2D eigenvalue weighted by atomic mass is 9.98. The van der Waals surface area contributed by atoms with Gasteiger partial charge < -0.3 is 9.42 Å². The van der Waals surface area contributed by atoms with E-state index in [2.05, 4.69) is 10.1 Å². The minimum Gasteiger partial charge on any atom is -0.341 e. The lowest BCUT2D eigenvalue weighted by molar-refractivity contribution is -0.139. The van der Waals surface area contributed by atoms with Crippen LogP contribution in [0.1, 0.15) is 31.2 Å². The monoisotopic (exact) mass is 339 g/mol. The molecule has 1 amide bonds. The molecule has 2 aromatic rings. The van der Waals surface area contributed by atoms with Gasteiger partial charge in [0.15, 0.2) is 0 Å². The number of halogens is 3. The minimum atomic E-state index is -4.42. The number of carbonyl (C=O) groups is 1. The molecule has 0 spiro atoms. The summed E-state index contributed by atoms with van der Waals surface area (Å²) in [7, 11) is 0. The number of benzene rings is 1. The summed E-state index contributed by atoms with van der Waals surface area (Å²) in [6.45, 7) is 4.63. The van der Waals surface area contributed by atoms with Gasteiger partial charge in [-0.15, -0.1) is 0 Å². The molecule has 1 aromatic carbocycles. The normalized spacial score (nSPS) is 15.7. The van der Waals surface area contributed by atoms with Crippen molar-refractivity contribution in [3.63, 3.8) is 0 Å². The van der Waals surface area contributed by atoms with E-state index in [4.69, 9.17) is 4.52 Å². The lowest BCUT2D eigenvalue weighted by Gasteiger charge is -2.38. The zero-order valence-electron chi connectivity index (χ0n) is 13.2. The second kappa shape index (κ2) is 5.92. The van der Waals surface area contributed by atoms with Crippen LogP contribution in [0.25, 0.3) is 11.4 Å². The Hall–Kier alpha value is -2.38. The van der Waals surface area contributed by atoms with Crippen LogP contribution in [-0.4, -0.2) is 34.0 Å². The van der Waals surface area contributed by atoms with E-state index in [0.29, 0.717) is 19.0 Å². The highest BCUT2D eigenvalue weighted by atomic mass is 19.4. The predicted octanol–water partition coefficient (Wildman–Crippen LogP) is 3.34. The number of hydrogen-bond acceptors (Lipinski definition) is 4. The van der Waals surface area contributed by atoms with Crippen molar-refractivity contribution in [2.24, 2.45) is 5.92 Å². The van der Waals surface area contributed by atoms with Crippen LogP contribution in [0.4, 0.5) is 13.2 Å². The molecule has 0 aliphatic carbocycles. The van der Waals surface area contributed by atoms with E-state index in [-0.39, 0.29) is 29.1 Å². The van der Waals surface area contributed by atoms with Gasteiger partial charge in [0.2, 0.25) is 17.6 Å². The van der Waals surface area contributed by atoms with Gasteiger partial charge in [0.25, 0.3) is 0 Å². The van der Waals surface area contributed by atoms with Gasteiger partial charge in [-0.1, -0.05) is 31.1 Å². The Morgan fingerprint density at radius 1 is 1.33 bits per heavy atom. The summed E-state index contributed by atoms with van der Waals surface area (Å²) in [6, 6.07) is 4.79. The molecule has 1 aliphatic heterocycles. The predicted molar refractivity (Wildman–Crippen MR) is 78.9 cm³/mol. The summed E-state index contributed by atoms with van der Waals surface area (Å²) in [5.41, 5.74) is -0.516. The molecule has 5 nitrogen and oxygen atoms in total. The van der Waals surface area contributed by atoms with Crippen LogP contribution < -0.4 is 0 Å². The fourth-order valence-corrected chi connectivity index (χ4v) is 2.53. The highest BCUT2D eigenvalue weighted by Crippen LogP contribution is 2.32. The topological polar surface area (TPSA) is 59.2 Å². The van der Waals surface area contributed by atoms with Gasteiger partial charge in [0.1, 0.15) is 0 Å². The second-order valence-electron chi connectivity index (χ2n) is 6.13. The molecule has 24 heavy (non-hydrogen) atoms. The van der Waals surface area contributed by atoms with Crippen LogP contribution in [0.15, 0.2) is 28.8 Å². The molecule has 1 aliphatic rings. The van der Waals surface area contributed by atoms with Crippen molar-refractivity contribution in [2.75, 3.05) is 13.1 Å². The number of rotatable bonds is 3. The summed E-state index contributed by atoms with van der Waals surface area (Å²) in [5.74, 6) is 0.373. The van der Waals surface area contributed by atoms with Crippen LogP contribution in [-0.2, 0) is 11.0 Å². The summed E-state index contributed by atoms with van der Waals surface area (Å²) in [4.78, 5) is 17.7. The Balaban J connectivity index is 1.72. The number of likely N-dealkylation sites (tertiary alicyclic amines) is 1. The number of nitrogens with zero attached hydrogens (tertiary/aromatic N) is 3. The van der Waals surface area contributed by atoms with Gasteiger partial charge in [0, 0.05) is 24.6 Å². The number of hydrogen-bond donors (Lipinski definition) is 0. The Morgan fingerprint density at radius 3 is 2.67 bits per heavy atom. The molecule has 0 unspecified atom stereocenters. The highest BCUT2D eigenvalue weighted by molar-refractivity contribution is 5.79. The molecule has 3 rings (SSSR count). The SMILES string of the molecule is CC(C)C(=O)N1CC(c2nc(-c3cccc(C(F)(F)F)c3)no2)C1. The van der Waals surface area contributed by atoms with Crippen LogP contribution in [0.5, 0.6) is 0 Å². The first-order valence-corrected chi connectivity index (χ1v) is 7.55. The number of alkyl halides is 3. The maximum Gasteiger partial charge on any atom is 0.416 e. The van der Waals surface area contributed by atoms with E-state index in [1.807, 2.05) is 13.8 Å². The molecular formula is C16H16F3N3O2. The first kappa shape index (κ1) is 16.5. The van der Waals surface area contributed by atoms with Crippen molar-refractivity contribution < 1.29 is 22.5 Å². The zero-order valence-corrected chi connectivity index (χ0v) is 13.2.